The third kappa shape index (κ3) is 3.61. The molecule has 0 unspecified atom stereocenters. The first-order chi connectivity index (χ1) is 9.08. The lowest BCUT2D eigenvalue weighted by Gasteiger charge is -2.29. The summed E-state index contributed by atoms with van der Waals surface area (Å²) in [5, 5.41) is 0.694. The van der Waals surface area contributed by atoms with Gasteiger partial charge in [0.2, 0.25) is 0 Å². The van der Waals surface area contributed by atoms with Gasteiger partial charge in [-0.05, 0) is 37.6 Å². The molecule has 1 aliphatic heterocycles. The molecule has 0 N–H and O–H groups in total. The molecule has 0 saturated carbocycles. The van der Waals surface area contributed by atoms with E-state index >= 15 is 0 Å². The number of hydrogen-bond donors (Lipinski definition) is 0. The Kier molecular flexibility index (Phi) is 4.66. The van der Waals surface area contributed by atoms with Crippen molar-refractivity contribution < 1.29 is 14.3 Å². The number of ether oxygens (including phenoxy) is 2. The summed E-state index contributed by atoms with van der Waals surface area (Å²) in [6, 6.07) is 5.39. The molecule has 0 radical (unpaired) electrons. The number of amides is 1. The van der Waals surface area contributed by atoms with Crippen molar-refractivity contribution >= 4 is 17.5 Å². The predicted molar refractivity (Wildman–Crippen MR) is 73.7 cm³/mol. The maximum atomic E-state index is 12.2. The van der Waals surface area contributed by atoms with Gasteiger partial charge in [-0.1, -0.05) is 11.6 Å². The van der Waals surface area contributed by atoms with Crippen LogP contribution < -0.4 is 4.74 Å². The van der Waals surface area contributed by atoms with Crippen LogP contribution in [-0.2, 0) is 9.53 Å². The summed E-state index contributed by atoms with van der Waals surface area (Å²) in [5.41, 5.74) is 0.935. The maximum Gasteiger partial charge on any atom is 0.263 e. The third-order valence-corrected chi connectivity index (χ3v) is 3.54. The standard InChI is InChI=1S/C14H18ClNO3/c1-10-9-12(3-4-13(10)15)19-11(2)14(17)16-5-7-18-8-6-16/h3-4,9,11H,5-8H2,1-2H3/t11-/m1/s1. The number of carbonyl (C=O) groups is 1. The van der Waals surface area contributed by atoms with E-state index in [1.807, 2.05) is 13.0 Å². The summed E-state index contributed by atoms with van der Waals surface area (Å²) >= 11 is 5.96. The number of hydrogen-bond acceptors (Lipinski definition) is 3. The van der Waals surface area contributed by atoms with Gasteiger partial charge in [0.25, 0.3) is 5.91 Å². The van der Waals surface area contributed by atoms with Crippen LogP contribution in [0.15, 0.2) is 18.2 Å². The van der Waals surface area contributed by atoms with E-state index in [1.54, 1.807) is 24.0 Å². The van der Waals surface area contributed by atoms with Gasteiger partial charge >= 0.3 is 0 Å². The monoisotopic (exact) mass is 283 g/mol. The molecular formula is C14H18ClNO3. The fourth-order valence-corrected chi connectivity index (χ4v) is 2.10. The van der Waals surface area contributed by atoms with Crippen molar-refractivity contribution in [2.75, 3.05) is 26.3 Å². The molecule has 0 aromatic heterocycles. The molecule has 1 fully saturated rings. The van der Waals surface area contributed by atoms with Gasteiger partial charge in [-0.3, -0.25) is 4.79 Å². The summed E-state index contributed by atoms with van der Waals surface area (Å²) in [6.45, 7) is 6.13. The highest BCUT2D eigenvalue weighted by atomic mass is 35.5. The van der Waals surface area contributed by atoms with E-state index in [4.69, 9.17) is 21.1 Å². The first-order valence-electron chi connectivity index (χ1n) is 6.37. The number of nitrogens with zero attached hydrogens (tertiary/aromatic N) is 1. The maximum absolute atomic E-state index is 12.2. The fourth-order valence-electron chi connectivity index (χ4n) is 1.99. The second kappa shape index (κ2) is 6.26. The number of aryl methyl sites for hydroxylation is 1. The Morgan fingerprint density at radius 2 is 2.11 bits per heavy atom. The minimum absolute atomic E-state index is 0.00379. The van der Waals surface area contributed by atoms with E-state index in [1.165, 1.54) is 0 Å². The van der Waals surface area contributed by atoms with Gasteiger partial charge in [0.15, 0.2) is 6.10 Å². The first kappa shape index (κ1) is 14.2. The molecular weight excluding hydrogens is 266 g/mol. The van der Waals surface area contributed by atoms with Gasteiger partial charge in [-0.2, -0.15) is 0 Å². The topological polar surface area (TPSA) is 38.8 Å². The minimum Gasteiger partial charge on any atom is -0.481 e. The molecule has 1 aliphatic rings. The lowest BCUT2D eigenvalue weighted by molar-refractivity contribution is -0.142. The molecule has 1 aromatic carbocycles. The van der Waals surface area contributed by atoms with E-state index in [2.05, 4.69) is 0 Å². The van der Waals surface area contributed by atoms with Crippen LogP contribution in [0.1, 0.15) is 12.5 Å². The highest BCUT2D eigenvalue weighted by Crippen LogP contribution is 2.22. The molecule has 1 amide bonds. The van der Waals surface area contributed by atoms with E-state index in [-0.39, 0.29) is 5.91 Å². The van der Waals surface area contributed by atoms with Gasteiger partial charge in [0.1, 0.15) is 5.75 Å². The minimum atomic E-state index is -0.501. The van der Waals surface area contributed by atoms with Crippen LogP contribution in [0.25, 0.3) is 0 Å². The van der Waals surface area contributed by atoms with Gasteiger partial charge in [-0.15, -0.1) is 0 Å². The van der Waals surface area contributed by atoms with E-state index in [9.17, 15) is 4.79 Å². The molecule has 1 atom stereocenters. The highest BCUT2D eigenvalue weighted by Gasteiger charge is 2.23. The molecule has 2 rings (SSSR count). The zero-order valence-electron chi connectivity index (χ0n) is 11.2. The van der Waals surface area contributed by atoms with Crippen molar-refractivity contribution in [2.45, 2.75) is 20.0 Å². The second-order valence-electron chi connectivity index (χ2n) is 4.61. The summed E-state index contributed by atoms with van der Waals surface area (Å²) in [5.74, 6) is 0.659. The van der Waals surface area contributed by atoms with Crippen LogP contribution in [0, 0.1) is 6.92 Å². The molecule has 104 valence electrons. The van der Waals surface area contributed by atoms with Crippen LogP contribution in [-0.4, -0.2) is 43.2 Å². The van der Waals surface area contributed by atoms with Crippen molar-refractivity contribution in [3.8, 4) is 5.75 Å². The second-order valence-corrected chi connectivity index (χ2v) is 5.02. The van der Waals surface area contributed by atoms with Gasteiger partial charge < -0.3 is 14.4 Å². The molecule has 1 saturated heterocycles. The quantitative estimate of drug-likeness (QED) is 0.854. The summed E-state index contributed by atoms with van der Waals surface area (Å²) < 4.78 is 10.9. The lowest BCUT2D eigenvalue weighted by Crippen LogP contribution is -2.46. The van der Waals surface area contributed by atoms with Crippen molar-refractivity contribution in [1.82, 2.24) is 4.90 Å². The highest BCUT2D eigenvalue weighted by molar-refractivity contribution is 6.31. The molecule has 1 aromatic rings. The van der Waals surface area contributed by atoms with Gasteiger partial charge in [-0.25, -0.2) is 0 Å². The normalized spacial score (nSPS) is 17.1. The fraction of sp³-hybridized carbons (Fsp3) is 0.500. The Hall–Kier alpha value is -1.26. The third-order valence-electron chi connectivity index (χ3n) is 3.11. The van der Waals surface area contributed by atoms with Crippen molar-refractivity contribution in [3.05, 3.63) is 28.8 Å². The predicted octanol–water partition coefficient (Wildman–Crippen LogP) is 2.27. The lowest BCUT2D eigenvalue weighted by atomic mass is 10.2. The molecule has 19 heavy (non-hydrogen) atoms. The first-order valence-corrected chi connectivity index (χ1v) is 6.75. The molecule has 0 spiro atoms. The summed E-state index contributed by atoms with van der Waals surface area (Å²) in [7, 11) is 0. The zero-order chi connectivity index (χ0) is 13.8. The molecule has 4 nitrogen and oxygen atoms in total. The van der Waals surface area contributed by atoms with Crippen LogP contribution in [0.3, 0.4) is 0 Å². The van der Waals surface area contributed by atoms with Crippen LogP contribution >= 0.6 is 11.6 Å². The van der Waals surface area contributed by atoms with Crippen LogP contribution in [0.4, 0.5) is 0 Å². The van der Waals surface area contributed by atoms with Crippen molar-refractivity contribution in [3.63, 3.8) is 0 Å². The molecule has 0 aliphatic carbocycles. The smallest absolute Gasteiger partial charge is 0.263 e. The van der Waals surface area contributed by atoms with Crippen molar-refractivity contribution in [1.29, 1.82) is 0 Å². The number of rotatable bonds is 3. The average molecular weight is 284 g/mol. The van der Waals surface area contributed by atoms with E-state index < -0.39 is 6.10 Å². The van der Waals surface area contributed by atoms with Gasteiger partial charge in [0, 0.05) is 18.1 Å². The number of carbonyl (C=O) groups excluding carboxylic acids is 1. The number of halogens is 1. The van der Waals surface area contributed by atoms with Crippen molar-refractivity contribution in [2.24, 2.45) is 0 Å². The Bertz CT molecular complexity index is 458. The summed E-state index contributed by atoms with van der Waals surface area (Å²) in [4.78, 5) is 13.9. The SMILES string of the molecule is Cc1cc(O[C@H](C)C(=O)N2CCOCC2)ccc1Cl. The largest absolute Gasteiger partial charge is 0.481 e. The van der Waals surface area contributed by atoms with E-state index in [0.29, 0.717) is 37.1 Å². The van der Waals surface area contributed by atoms with Crippen LogP contribution in [0.5, 0.6) is 5.75 Å². The van der Waals surface area contributed by atoms with Crippen LogP contribution in [0.2, 0.25) is 5.02 Å². The molecule has 5 heteroatoms. The zero-order valence-corrected chi connectivity index (χ0v) is 11.9. The Morgan fingerprint density at radius 3 is 2.74 bits per heavy atom. The van der Waals surface area contributed by atoms with Gasteiger partial charge in [0.05, 0.1) is 13.2 Å². The number of benzene rings is 1. The molecule has 1 heterocycles. The Morgan fingerprint density at radius 1 is 1.42 bits per heavy atom. The molecule has 0 bridgehead atoms. The summed E-state index contributed by atoms with van der Waals surface area (Å²) in [6.07, 6.45) is -0.501. The van der Waals surface area contributed by atoms with E-state index in [0.717, 1.165) is 5.56 Å². The Labute approximate surface area is 118 Å². The average Bonchev–Trinajstić information content (AvgIpc) is 2.43. The number of morpholine rings is 1. The Balaban J connectivity index is 1.97.